The zero-order chi connectivity index (χ0) is 11.4. The molecule has 0 radical (unpaired) electrons. The standard InChI is InChI=1S/C12H25NO/c1-10(2)9-13(6)8-7-11(14)12(3,4)5/h10H,7-9H2,1-6H3. The van der Waals surface area contributed by atoms with Gasteiger partial charge in [-0.25, -0.2) is 0 Å². The first kappa shape index (κ1) is 13.6. The normalized spacial score (nSPS) is 12.6. The maximum Gasteiger partial charge on any atom is 0.139 e. The van der Waals surface area contributed by atoms with E-state index in [0.29, 0.717) is 18.1 Å². The minimum absolute atomic E-state index is 0.182. The van der Waals surface area contributed by atoms with Gasteiger partial charge in [-0.05, 0) is 13.0 Å². The molecule has 0 aliphatic rings. The Kier molecular flexibility index (Phi) is 5.35. The minimum Gasteiger partial charge on any atom is -0.306 e. The molecule has 0 atom stereocenters. The summed E-state index contributed by atoms with van der Waals surface area (Å²) in [5.74, 6) is 1.03. The van der Waals surface area contributed by atoms with Crippen molar-refractivity contribution >= 4 is 5.78 Å². The van der Waals surface area contributed by atoms with Gasteiger partial charge < -0.3 is 4.90 Å². The lowest BCUT2D eigenvalue weighted by molar-refractivity contribution is -0.126. The molecule has 0 spiro atoms. The molecule has 0 fully saturated rings. The van der Waals surface area contributed by atoms with Crippen molar-refractivity contribution in [1.82, 2.24) is 4.90 Å². The number of ketones is 1. The van der Waals surface area contributed by atoms with E-state index in [-0.39, 0.29) is 5.41 Å². The maximum atomic E-state index is 11.6. The molecular formula is C12H25NO. The maximum absolute atomic E-state index is 11.6. The van der Waals surface area contributed by atoms with Gasteiger partial charge in [0, 0.05) is 24.9 Å². The fraction of sp³-hybridized carbons (Fsp3) is 0.917. The van der Waals surface area contributed by atoms with E-state index in [4.69, 9.17) is 0 Å². The molecule has 0 bridgehead atoms. The summed E-state index contributed by atoms with van der Waals surface area (Å²) in [6, 6.07) is 0. The Morgan fingerprint density at radius 3 is 2.14 bits per heavy atom. The number of hydrogen-bond acceptors (Lipinski definition) is 2. The average Bonchev–Trinajstić information content (AvgIpc) is 1.96. The molecule has 0 saturated heterocycles. The van der Waals surface area contributed by atoms with Gasteiger partial charge in [-0.2, -0.15) is 0 Å². The Balaban J connectivity index is 3.78. The molecule has 2 heteroatoms. The highest BCUT2D eigenvalue weighted by Crippen LogP contribution is 2.16. The third kappa shape index (κ3) is 6.14. The molecule has 0 unspecified atom stereocenters. The first-order chi connectivity index (χ1) is 6.23. The summed E-state index contributed by atoms with van der Waals surface area (Å²) in [5.41, 5.74) is -0.182. The number of hydrogen-bond donors (Lipinski definition) is 0. The SMILES string of the molecule is CC(C)CN(C)CCC(=O)C(C)(C)C. The lowest BCUT2D eigenvalue weighted by Gasteiger charge is -2.21. The van der Waals surface area contributed by atoms with E-state index < -0.39 is 0 Å². The molecule has 0 N–H and O–H groups in total. The van der Waals surface area contributed by atoms with Crippen LogP contribution in [0, 0.1) is 11.3 Å². The molecule has 0 aromatic carbocycles. The number of rotatable bonds is 5. The van der Waals surface area contributed by atoms with Crippen LogP contribution in [0.2, 0.25) is 0 Å². The molecule has 0 aliphatic heterocycles. The molecule has 0 heterocycles. The van der Waals surface area contributed by atoms with Gasteiger partial charge in [0.2, 0.25) is 0 Å². The second-order valence-electron chi connectivity index (χ2n) is 5.58. The van der Waals surface area contributed by atoms with Crippen molar-refractivity contribution in [3.05, 3.63) is 0 Å². The van der Waals surface area contributed by atoms with Crippen LogP contribution < -0.4 is 0 Å². The number of Topliss-reactive ketones (excluding diaryl/α,β-unsaturated/α-hetero) is 1. The van der Waals surface area contributed by atoms with Crippen molar-refractivity contribution in [3.8, 4) is 0 Å². The van der Waals surface area contributed by atoms with Crippen molar-refractivity contribution in [2.75, 3.05) is 20.1 Å². The van der Waals surface area contributed by atoms with Gasteiger partial charge in [-0.1, -0.05) is 34.6 Å². The van der Waals surface area contributed by atoms with Crippen LogP contribution in [0.3, 0.4) is 0 Å². The van der Waals surface area contributed by atoms with Crippen LogP contribution in [0.4, 0.5) is 0 Å². The van der Waals surface area contributed by atoms with Crippen molar-refractivity contribution in [1.29, 1.82) is 0 Å². The molecule has 0 rings (SSSR count). The molecule has 2 nitrogen and oxygen atoms in total. The molecule has 0 saturated carbocycles. The van der Waals surface area contributed by atoms with Gasteiger partial charge in [0.25, 0.3) is 0 Å². The predicted molar refractivity (Wildman–Crippen MR) is 61.4 cm³/mol. The Morgan fingerprint density at radius 1 is 1.29 bits per heavy atom. The molecule has 0 aromatic heterocycles. The number of nitrogens with zero attached hydrogens (tertiary/aromatic N) is 1. The number of carbonyl (C=O) groups excluding carboxylic acids is 1. The second kappa shape index (κ2) is 5.50. The van der Waals surface area contributed by atoms with Gasteiger partial charge in [0.15, 0.2) is 0 Å². The van der Waals surface area contributed by atoms with Crippen LogP contribution in [0.5, 0.6) is 0 Å². The Bertz CT molecular complexity index is 179. The molecule has 0 aliphatic carbocycles. The monoisotopic (exact) mass is 199 g/mol. The van der Waals surface area contributed by atoms with Crippen molar-refractivity contribution < 1.29 is 4.79 Å². The van der Waals surface area contributed by atoms with Crippen molar-refractivity contribution in [3.63, 3.8) is 0 Å². The van der Waals surface area contributed by atoms with Gasteiger partial charge in [-0.3, -0.25) is 4.79 Å². The van der Waals surface area contributed by atoms with E-state index >= 15 is 0 Å². The predicted octanol–water partition coefficient (Wildman–Crippen LogP) is 2.58. The summed E-state index contributed by atoms with van der Waals surface area (Å²) >= 11 is 0. The fourth-order valence-electron chi connectivity index (χ4n) is 1.38. The average molecular weight is 199 g/mol. The first-order valence-electron chi connectivity index (χ1n) is 5.45. The molecule has 84 valence electrons. The van der Waals surface area contributed by atoms with Crippen LogP contribution in [0.1, 0.15) is 41.0 Å². The third-order valence-corrected chi connectivity index (χ3v) is 2.23. The smallest absolute Gasteiger partial charge is 0.139 e. The highest BCUT2D eigenvalue weighted by atomic mass is 16.1. The fourth-order valence-corrected chi connectivity index (χ4v) is 1.38. The zero-order valence-electron chi connectivity index (χ0n) is 10.6. The molecule has 0 amide bonds. The quantitative estimate of drug-likeness (QED) is 0.678. The summed E-state index contributed by atoms with van der Waals surface area (Å²) in [7, 11) is 2.08. The van der Waals surface area contributed by atoms with Gasteiger partial charge >= 0.3 is 0 Å². The minimum atomic E-state index is -0.182. The van der Waals surface area contributed by atoms with Crippen molar-refractivity contribution in [2.24, 2.45) is 11.3 Å². The summed E-state index contributed by atoms with van der Waals surface area (Å²) in [6.45, 7) is 12.3. The summed E-state index contributed by atoms with van der Waals surface area (Å²) in [6.07, 6.45) is 0.673. The third-order valence-electron chi connectivity index (χ3n) is 2.23. The largest absolute Gasteiger partial charge is 0.306 e. The second-order valence-corrected chi connectivity index (χ2v) is 5.58. The number of carbonyl (C=O) groups is 1. The van der Waals surface area contributed by atoms with Crippen LogP contribution in [-0.2, 0) is 4.79 Å². The van der Waals surface area contributed by atoms with Crippen LogP contribution in [0.15, 0.2) is 0 Å². The Hall–Kier alpha value is -0.370. The van der Waals surface area contributed by atoms with Gasteiger partial charge in [0.1, 0.15) is 5.78 Å². The van der Waals surface area contributed by atoms with Crippen LogP contribution in [0.25, 0.3) is 0 Å². The van der Waals surface area contributed by atoms with E-state index in [1.807, 2.05) is 20.8 Å². The zero-order valence-corrected chi connectivity index (χ0v) is 10.6. The van der Waals surface area contributed by atoms with E-state index in [1.54, 1.807) is 0 Å². The highest BCUT2D eigenvalue weighted by molar-refractivity contribution is 5.83. The van der Waals surface area contributed by atoms with E-state index in [0.717, 1.165) is 13.1 Å². The Morgan fingerprint density at radius 2 is 1.79 bits per heavy atom. The topological polar surface area (TPSA) is 20.3 Å². The summed E-state index contributed by atoms with van der Waals surface area (Å²) < 4.78 is 0. The lowest BCUT2D eigenvalue weighted by atomic mass is 9.89. The van der Waals surface area contributed by atoms with Gasteiger partial charge in [-0.15, -0.1) is 0 Å². The van der Waals surface area contributed by atoms with Gasteiger partial charge in [0.05, 0.1) is 0 Å². The van der Waals surface area contributed by atoms with Crippen LogP contribution >= 0.6 is 0 Å². The Labute approximate surface area is 88.7 Å². The molecule has 14 heavy (non-hydrogen) atoms. The summed E-state index contributed by atoms with van der Waals surface area (Å²) in [5, 5.41) is 0. The first-order valence-corrected chi connectivity index (χ1v) is 5.45. The molecular weight excluding hydrogens is 174 g/mol. The van der Waals surface area contributed by atoms with Crippen molar-refractivity contribution in [2.45, 2.75) is 41.0 Å². The summed E-state index contributed by atoms with van der Waals surface area (Å²) in [4.78, 5) is 13.9. The van der Waals surface area contributed by atoms with E-state index in [9.17, 15) is 4.79 Å². The molecule has 0 aromatic rings. The lowest BCUT2D eigenvalue weighted by Crippen LogP contribution is -2.29. The van der Waals surface area contributed by atoms with Crippen LogP contribution in [-0.4, -0.2) is 30.8 Å². The highest BCUT2D eigenvalue weighted by Gasteiger charge is 2.20. The van der Waals surface area contributed by atoms with E-state index in [1.165, 1.54) is 0 Å². The van der Waals surface area contributed by atoms with E-state index in [2.05, 4.69) is 25.8 Å².